The van der Waals surface area contributed by atoms with Crippen LogP contribution in [0.3, 0.4) is 0 Å². The monoisotopic (exact) mass is 328 g/mol. The number of hydrogen-bond donors (Lipinski definition) is 1. The number of benzene rings is 1. The van der Waals surface area contributed by atoms with Gasteiger partial charge in [-0.15, -0.1) is 0 Å². The molecule has 1 saturated heterocycles. The lowest BCUT2D eigenvalue weighted by molar-refractivity contribution is -0.140. The van der Waals surface area contributed by atoms with Crippen molar-refractivity contribution in [1.29, 1.82) is 0 Å². The number of furan rings is 1. The first-order valence-electron chi connectivity index (χ1n) is 7.95. The molecule has 0 bridgehead atoms. The minimum absolute atomic E-state index is 0.126. The van der Waals surface area contributed by atoms with E-state index in [9.17, 15) is 9.59 Å². The van der Waals surface area contributed by atoms with E-state index in [1.807, 2.05) is 30.3 Å². The van der Waals surface area contributed by atoms with Crippen molar-refractivity contribution >= 4 is 11.8 Å². The van der Waals surface area contributed by atoms with Crippen molar-refractivity contribution in [1.82, 2.24) is 10.2 Å². The van der Waals surface area contributed by atoms with Crippen molar-refractivity contribution in [3.63, 3.8) is 0 Å². The van der Waals surface area contributed by atoms with Gasteiger partial charge in [0, 0.05) is 6.54 Å². The molecule has 0 spiro atoms. The molecule has 0 radical (unpaired) electrons. The summed E-state index contributed by atoms with van der Waals surface area (Å²) in [6.07, 6.45) is 1.28. The summed E-state index contributed by atoms with van der Waals surface area (Å²) < 4.78 is 10.8. The highest BCUT2D eigenvalue weighted by molar-refractivity contribution is 5.95. The van der Waals surface area contributed by atoms with Gasteiger partial charge in [0.05, 0.1) is 19.4 Å². The van der Waals surface area contributed by atoms with Crippen molar-refractivity contribution in [2.24, 2.45) is 0 Å². The highest BCUT2D eigenvalue weighted by atomic mass is 16.5. The third-order valence-corrected chi connectivity index (χ3v) is 4.01. The Labute approximate surface area is 140 Å². The van der Waals surface area contributed by atoms with Gasteiger partial charge < -0.3 is 19.4 Å². The van der Waals surface area contributed by atoms with E-state index in [4.69, 9.17) is 9.15 Å². The maximum absolute atomic E-state index is 12.6. The second-order valence-corrected chi connectivity index (χ2v) is 5.73. The molecule has 1 fully saturated rings. The van der Waals surface area contributed by atoms with Gasteiger partial charge in [0.2, 0.25) is 5.91 Å². The average molecular weight is 328 g/mol. The Balaban J connectivity index is 1.60. The summed E-state index contributed by atoms with van der Waals surface area (Å²) in [5, 5.41) is 2.67. The number of carbonyl (C=O) groups is 2. The number of hydrogen-bond acceptors (Lipinski definition) is 4. The molecule has 1 aromatic carbocycles. The van der Waals surface area contributed by atoms with Crippen molar-refractivity contribution in [2.45, 2.75) is 19.1 Å². The van der Waals surface area contributed by atoms with Crippen molar-refractivity contribution in [3.05, 3.63) is 60.1 Å². The number of morpholine rings is 1. The van der Waals surface area contributed by atoms with Gasteiger partial charge in [-0.25, -0.2) is 0 Å². The predicted octanol–water partition coefficient (Wildman–Crippen LogP) is 2.00. The Bertz CT molecular complexity index is 684. The van der Waals surface area contributed by atoms with Gasteiger partial charge >= 0.3 is 0 Å². The zero-order valence-corrected chi connectivity index (χ0v) is 13.5. The van der Waals surface area contributed by atoms with E-state index in [1.54, 1.807) is 24.0 Å². The Morgan fingerprint density at radius 2 is 2.00 bits per heavy atom. The van der Waals surface area contributed by atoms with Gasteiger partial charge in [0.1, 0.15) is 12.1 Å². The molecule has 6 heteroatoms. The fraction of sp³-hybridized carbons (Fsp3) is 0.333. The molecule has 2 amide bonds. The fourth-order valence-electron chi connectivity index (χ4n) is 2.73. The molecular weight excluding hydrogens is 308 g/mol. The summed E-state index contributed by atoms with van der Waals surface area (Å²) in [5.74, 6) is -0.327. The molecule has 1 aromatic heterocycles. The summed E-state index contributed by atoms with van der Waals surface area (Å²) in [6, 6.07) is 12.4. The Hall–Kier alpha value is -2.60. The van der Waals surface area contributed by atoms with Gasteiger partial charge in [-0.3, -0.25) is 9.59 Å². The molecular formula is C18H20N2O4. The van der Waals surface area contributed by atoms with Crippen LogP contribution in [-0.2, 0) is 9.53 Å². The average Bonchev–Trinajstić information content (AvgIpc) is 3.17. The number of amides is 2. The van der Waals surface area contributed by atoms with Crippen LogP contribution in [0.25, 0.3) is 0 Å². The Morgan fingerprint density at radius 1 is 1.21 bits per heavy atom. The van der Waals surface area contributed by atoms with Crippen LogP contribution in [0.5, 0.6) is 0 Å². The standard InChI is InChI=1S/C18H20N2O4/c1-13(19-17(21)15-8-5-10-23-15)18(22)20-9-11-24-16(12-20)14-6-3-2-4-7-14/h2-8,10,13,16H,9,11-12H2,1H3,(H,19,21)/t13-,16?/m0/s1. The van der Waals surface area contributed by atoms with Crippen molar-refractivity contribution in [3.8, 4) is 0 Å². The first-order chi connectivity index (χ1) is 11.6. The number of nitrogens with zero attached hydrogens (tertiary/aromatic N) is 1. The Morgan fingerprint density at radius 3 is 2.71 bits per heavy atom. The van der Waals surface area contributed by atoms with Gasteiger partial charge in [-0.05, 0) is 24.6 Å². The lowest BCUT2D eigenvalue weighted by Gasteiger charge is -2.34. The van der Waals surface area contributed by atoms with Crippen LogP contribution in [0, 0.1) is 0 Å². The third kappa shape index (κ3) is 3.65. The van der Waals surface area contributed by atoms with Crippen LogP contribution in [0.15, 0.2) is 53.1 Å². The van der Waals surface area contributed by atoms with E-state index in [0.717, 1.165) is 5.56 Å². The molecule has 1 N–H and O–H groups in total. The minimum Gasteiger partial charge on any atom is -0.459 e. The van der Waals surface area contributed by atoms with Gasteiger partial charge in [-0.1, -0.05) is 30.3 Å². The maximum Gasteiger partial charge on any atom is 0.287 e. The fourth-order valence-corrected chi connectivity index (χ4v) is 2.73. The third-order valence-electron chi connectivity index (χ3n) is 4.01. The molecule has 2 atom stereocenters. The summed E-state index contributed by atoms with van der Waals surface area (Å²) in [7, 11) is 0. The highest BCUT2D eigenvalue weighted by Crippen LogP contribution is 2.22. The molecule has 6 nitrogen and oxygen atoms in total. The molecule has 0 aliphatic carbocycles. The summed E-state index contributed by atoms with van der Waals surface area (Å²) in [6.45, 7) is 3.15. The molecule has 2 aromatic rings. The van der Waals surface area contributed by atoms with E-state index in [0.29, 0.717) is 19.7 Å². The smallest absolute Gasteiger partial charge is 0.287 e. The molecule has 2 heterocycles. The van der Waals surface area contributed by atoms with E-state index in [2.05, 4.69) is 5.32 Å². The van der Waals surface area contributed by atoms with Gasteiger partial charge in [-0.2, -0.15) is 0 Å². The van der Waals surface area contributed by atoms with E-state index in [-0.39, 0.29) is 17.8 Å². The SMILES string of the molecule is C[C@H](NC(=O)c1ccco1)C(=O)N1CCOC(c2ccccc2)C1. The van der Waals surface area contributed by atoms with Gasteiger partial charge in [0.15, 0.2) is 5.76 Å². The van der Waals surface area contributed by atoms with Gasteiger partial charge in [0.25, 0.3) is 5.91 Å². The second kappa shape index (κ2) is 7.31. The highest BCUT2D eigenvalue weighted by Gasteiger charge is 2.29. The molecule has 3 rings (SSSR count). The van der Waals surface area contributed by atoms with Crippen molar-refractivity contribution in [2.75, 3.05) is 19.7 Å². The van der Waals surface area contributed by atoms with E-state index >= 15 is 0 Å². The van der Waals surface area contributed by atoms with Crippen LogP contribution >= 0.6 is 0 Å². The first-order valence-corrected chi connectivity index (χ1v) is 7.95. The molecule has 24 heavy (non-hydrogen) atoms. The normalized spacial score (nSPS) is 18.9. The van der Waals surface area contributed by atoms with Crippen LogP contribution in [0.1, 0.15) is 29.1 Å². The van der Waals surface area contributed by atoms with Crippen LogP contribution < -0.4 is 5.32 Å². The number of nitrogens with one attached hydrogen (secondary N) is 1. The molecule has 1 aliphatic rings. The zero-order valence-electron chi connectivity index (χ0n) is 13.5. The first kappa shape index (κ1) is 16.3. The summed E-state index contributed by atoms with van der Waals surface area (Å²) >= 11 is 0. The Kier molecular flexibility index (Phi) is 4.96. The topological polar surface area (TPSA) is 71.8 Å². The minimum atomic E-state index is -0.628. The van der Waals surface area contributed by atoms with Crippen LogP contribution in [-0.4, -0.2) is 42.5 Å². The zero-order chi connectivity index (χ0) is 16.9. The van der Waals surface area contributed by atoms with E-state index in [1.165, 1.54) is 6.26 Å². The maximum atomic E-state index is 12.6. The quantitative estimate of drug-likeness (QED) is 0.932. The van der Waals surface area contributed by atoms with Crippen molar-refractivity contribution < 1.29 is 18.7 Å². The lowest BCUT2D eigenvalue weighted by atomic mass is 10.1. The largest absolute Gasteiger partial charge is 0.459 e. The molecule has 1 unspecified atom stereocenters. The summed E-state index contributed by atoms with van der Waals surface area (Å²) in [5.41, 5.74) is 1.04. The second-order valence-electron chi connectivity index (χ2n) is 5.73. The summed E-state index contributed by atoms with van der Waals surface area (Å²) in [4.78, 5) is 26.3. The number of carbonyl (C=O) groups excluding carboxylic acids is 2. The predicted molar refractivity (Wildman–Crippen MR) is 87.4 cm³/mol. The van der Waals surface area contributed by atoms with E-state index < -0.39 is 11.9 Å². The van der Waals surface area contributed by atoms with Crippen LogP contribution in [0.2, 0.25) is 0 Å². The number of rotatable bonds is 4. The lowest BCUT2D eigenvalue weighted by Crippen LogP contribution is -2.51. The molecule has 1 aliphatic heterocycles. The van der Waals surface area contributed by atoms with Crippen LogP contribution in [0.4, 0.5) is 0 Å². The molecule has 126 valence electrons. The molecule has 0 saturated carbocycles. The number of ether oxygens (including phenoxy) is 1.